The first kappa shape index (κ1) is 20.3. The van der Waals surface area contributed by atoms with Crippen molar-refractivity contribution in [1.82, 2.24) is 30.0 Å². The van der Waals surface area contributed by atoms with Crippen molar-refractivity contribution in [2.45, 2.75) is 24.9 Å². The molecule has 0 N–H and O–H groups in total. The van der Waals surface area contributed by atoms with Gasteiger partial charge in [0.25, 0.3) is 0 Å². The van der Waals surface area contributed by atoms with Crippen LogP contribution in [0.15, 0.2) is 109 Å². The van der Waals surface area contributed by atoms with Crippen LogP contribution in [-0.2, 0) is 12.8 Å². The van der Waals surface area contributed by atoms with E-state index in [1.807, 2.05) is 70.3 Å². The first-order chi connectivity index (χ1) is 16.8. The summed E-state index contributed by atoms with van der Waals surface area (Å²) in [6.45, 7) is 0. The Bertz CT molecular complexity index is 1340. The zero-order valence-corrected chi connectivity index (χ0v) is 18.6. The Morgan fingerprint density at radius 2 is 0.706 bits per heavy atom. The summed E-state index contributed by atoms with van der Waals surface area (Å²) in [4.78, 5) is 3.75. The molecule has 0 amide bonds. The average molecular weight is 445 g/mol. The number of benzene rings is 4. The number of aromatic nitrogens is 6. The highest BCUT2D eigenvalue weighted by Crippen LogP contribution is 2.30. The smallest absolute Gasteiger partial charge is 0.113 e. The summed E-state index contributed by atoms with van der Waals surface area (Å²) >= 11 is 0. The fourth-order valence-corrected chi connectivity index (χ4v) is 4.50. The molecule has 6 nitrogen and oxygen atoms in total. The van der Waals surface area contributed by atoms with Gasteiger partial charge in [-0.3, -0.25) is 0 Å². The molecular weight excluding hydrogens is 420 g/mol. The van der Waals surface area contributed by atoms with E-state index in [9.17, 15) is 0 Å². The van der Waals surface area contributed by atoms with E-state index >= 15 is 0 Å². The zero-order valence-electron chi connectivity index (χ0n) is 18.6. The van der Waals surface area contributed by atoms with E-state index in [0.29, 0.717) is 0 Å². The predicted molar refractivity (Wildman–Crippen MR) is 133 cm³/mol. The third-order valence-electron chi connectivity index (χ3n) is 6.22. The molecule has 0 saturated carbocycles. The number of hydrogen-bond donors (Lipinski definition) is 0. The lowest BCUT2D eigenvalue weighted by Crippen LogP contribution is -2.30. The highest BCUT2D eigenvalue weighted by molar-refractivity contribution is 5.73. The van der Waals surface area contributed by atoms with Crippen LogP contribution in [0.4, 0.5) is 0 Å². The highest BCUT2D eigenvalue weighted by atomic mass is 15.5. The molecule has 4 aromatic carbocycles. The van der Waals surface area contributed by atoms with Crippen LogP contribution >= 0.6 is 0 Å². The number of rotatable bonds is 7. The zero-order chi connectivity index (χ0) is 22.7. The molecule has 0 bridgehead atoms. The molecule has 0 saturated heterocycles. The topological polar surface area (TPSA) is 61.4 Å². The van der Waals surface area contributed by atoms with Gasteiger partial charge in [-0.2, -0.15) is 30.0 Å². The second kappa shape index (κ2) is 8.90. The molecule has 166 valence electrons. The van der Waals surface area contributed by atoms with Crippen LogP contribution in [0.3, 0.4) is 0 Å². The minimum absolute atomic E-state index is 0.0863. The normalized spacial score (nSPS) is 13.3. The number of hydrogen-bond acceptors (Lipinski definition) is 4. The summed E-state index contributed by atoms with van der Waals surface area (Å²) in [5.74, 6) is 0. The van der Waals surface area contributed by atoms with Crippen molar-refractivity contribution in [3.8, 4) is 0 Å². The molecule has 2 heterocycles. The van der Waals surface area contributed by atoms with Gasteiger partial charge in [0, 0.05) is 0 Å². The second-order valence-electron chi connectivity index (χ2n) is 8.53. The molecule has 0 aliphatic rings. The molecule has 6 rings (SSSR count). The van der Waals surface area contributed by atoms with Crippen molar-refractivity contribution in [2.75, 3.05) is 0 Å². The summed E-state index contributed by atoms with van der Waals surface area (Å²) in [6, 6.07) is 36.8. The van der Waals surface area contributed by atoms with E-state index in [1.54, 1.807) is 0 Å². The molecule has 0 radical (unpaired) electrons. The van der Waals surface area contributed by atoms with Gasteiger partial charge >= 0.3 is 0 Å². The van der Waals surface area contributed by atoms with Crippen LogP contribution in [0, 0.1) is 0 Å². The van der Waals surface area contributed by atoms with Gasteiger partial charge in [-0.15, -0.1) is 0 Å². The molecule has 0 aliphatic carbocycles. The molecule has 0 fully saturated rings. The van der Waals surface area contributed by atoms with E-state index in [1.165, 1.54) is 11.1 Å². The van der Waals surface area contributed by atoms with Crippen LogP contribution < -0.4 is 0 Å². The van der Waals surface area contributed by atoms with E-state index in [-0.39, 0.29) is 12.1 Å². The minimum Gasteiger partial charge on any atom is -0.178 e. The third-order valence-corrected chi connectivity index (χ3v) is 6.22. The van der Waals surface area contributed by atoms with Gasteiger partial charge in [-0.25, -0.2) is 0 Å². The maximum Gasteiger partial charge on any atom is 0.113 e. The van der Waals surface area contributed by atoms with Gasteiger partial charge in [-0.05, 0) is 48.2 Å². The van der Waals surface area contributed by atoms with E-state index < -0.39 is 0 Å². The Hall–Kier alpha value is -4.32. The largest absolute Gasteiger partial charge is 0.178 e. The Kier molecular flexibility index (Phi) is 5.32. The monoisotopic (exact) mass is 444 g/mol. The van der Waals surface area contributed by atoms with Gasteiger partial charge in [0.2, 0.25) is 0 Å². The van der Waals surface area contributed by atoms with Crippen LogP contribution in [0.1, 0.15) is 23.2 Å². The summed E-state index contributed by atoms with van der Waals surface area (Å²) in [6.07, 6.45) is 1.52. The second-order valence-corrected chi connectivity index (χ2v) is 8.53. The fourth-order valence-electron chi connectivity index (χ4n) is 4.50. The molecule has 2 unspecified atom stereocenters. The quantitative estimate of drug-likeness (QED) is 0.329. The Morgan fingerprint density at radius 3 is 1.03 bits per heavy atom. The van der Waals surface area contributed by atoms with E-state index in [2.05, 4.69) is 48.5 Å². The van der Waals surface area contributed by atoms with Crippen molar-refractivity contribution in [3.05, 3.63) is 120 Å². The lowest BCUT2D eigenvalue weighted by molar-refractivity contribution is 0.241. The number of fused-ring (bicyclic) bond motifs is 2. The van der Waals surface area contributed by atoms with Crippen molar-refractivity contribution in [3.63, 3.8) is 0 Å². The van der Waals surface area contributed by atoms with E-state index in [0.717, 1.165) is 34.9 Å². The summed E-state index contributed by atoms with van der Waals surface area (Å²) < 4.78 is 0. The van der Waals surface area contributed by atoms with Gasteiger partial charge in [0.05, 0.1) is 0 Å². The Balaban J connectivity index is 1.50. The molecule has 6 heteroatoms. The maximum atomic E-state index is 4.89. The van der Waals surface area contributed by atoms with Gasteiger partial charge < -0.3 is 0 Å². The third kappa shape index (κ3) is 4.06. The van der Waals surface area contributed by atoms with Crippen molar-refractivity contribution >= 4 is 22.1 Å². The van der Waals surface area contributed by atoms with E-state index in [4.69, 9.17) is 20.4 Å². The minimum atomic E-state index is -0.0863. The molecule has 2 aromatic heterocycles. The van der Waals surface area contributed by atoms with Crippen molar-refractivity contribution in [2.24, 2.45) is 0 Å². The average Bonchev–Trinajstić information content (AvgIpc) is 3.51. The first-order valence-corrected chi connectivity index (χ1v) is 11.5. The van der Waals surface area contributed by atoms with Gasteiger partial charge in [0.1, 0.15) is 34.2 Å². The summed E-state index contributed by atoms with van der Waals surface area (Å²) in [5.41, 5.74) is 6.00. The van der Waals surface area contributed by atoms with Gasteiger partial charge in [0.15, 0.2) is 0 Å². The van der Waals surface area contributed by atoms with Crippen LogP contribution in [0.2, 0.25) is 0 Å². The SMILES string of the molecule is c1ccc(CC(C(Cc2ccccc2)n2nc3ccccc3n2)n2nc3ccccc3n2)cc1. The number of nitrogens with zero attached hydrogens (tertiary/aromatic N) is 6. The van der Waals surface area contributed by atoms with Crippen molar-refractivity contribution in [1.29, 1.82) is 0 Å². The molecule has 34 heavy (non-hydrogen) atoms. The predicted octanol–water partition coefficient (Wildman–Crippen LogP) is 5.44. The Labute approximate surface area is 197 Å². The molecular formula is C28H24N6. The highest BCUT2D eigenvalue weighted by Gasteiger charge is 2.30. The lowest BCUT2D eigenvalue weighted by Gasteiger charge is -2.26. The molecule has 2 atom stereocenters. The van der Waals surface area contributed by atoms with Crippen molar-refractivity contribution < 1.29 is 0 Å². The van der Waals surface area contributed by atoms with Crippen LogP contribution in [-0.4, -0.2) is 30.0 Å². The van der Waals surface area contributed by atoms with Crippen LogP contribution in [0.25, 0.3) is 22.1 Å². The maximum absolute atomic E-state index is 4.89. The lowest BCUT2D eigenvalue weighted by atomic mass is 9.95. The molecule has 0 aliphatic heterocycles. The summed E-state index contributed by atoms with van der Waals surface area (Å²) in [5, 5.41) is 19.6. The summed E-state index contributed by atoms with van der Waals surface area (Å²) in [7, 11) is 0. The Morgan fingerprint density at radius 1 is 0.412 bits per heavy atom. The first-order valence-electron chi connectivity index (χ1n) is 11.5. The molecule has 6 aromatic rings. The van der Waals surface area contributed by atoms with Gasteiger partial charge in [-0.1, -0.05) is 84.9 Å². The molecule has 0 spiro atoms. The van der Waals surface area contributed by atoms with Crippen LogP contribution in [0.5, 0.6) is 0 Å². The standard InChI is InChI=1S/C28H24N6/c1-3-11-21(12-4-1)19-27(33-29-23-15-7-8-16-24(23)30-33)28(20-22-13-5-2-6-14-22)34-31-25-17-9-10-18-26(25)32-34/h1-18,27-28H,19-20H2. The fraction of sp³-hybridized carbons (Fsp3) is 0.143.